The minimum atomic E-state index is -0.211. The van der Waals surface area contributed by atoms with E-state index in [9.17, 15) is 4.79 Å². The van der Waals surface area contributed by atoms with Crippen molar-refractivity contribution in [2.75, 3.05) is 26.8 Å². The summed E-state index contributed by atoms with van der Waals surface area (Å²) in [5.41, 5.74) is 2.17. The number of aliphatic hydroxyl groups excluding tert-OH is 1. The van der Waals surface area contributed by atoms with Crippen molar-refractivity contribution in [1.29, 1.82) is 0 Å². The molecule has 0 aliphatic heterocycles. The van der Waals surface area contributed by atoms with Crippen LogP contribution in [-0.4, -0.2) is 48.9 Å². The number of ether oxygens (including phenoxy) is 1. The van der Waals surface area contributed by atoms with E-state index in [-0.39, 0.29) is 18.7 Å². The van der Waals surface area contributed by atoms with Gasteiger partial charge in [0.25, 0.3) is 0 Å². The summed E-state index contributed by atoms with van der Waals surface area (Å²) >= 11 is 0. The number of carbonyl (C=O) groups excluding carboxylic acids is 1. The molecular weight excluding hydrogens is 256 g/mol. The molecule has 2 N–H and O–H groups in total. The van der Waals surface area contributed by atoms with Crippen LogP contribution in [0.4, 0.5) is 4.79 Å². The van der Waals surface area contributed by atoms with Gasteiger partial charge < -0.3 is 20.1 Å². The van der Waals surface area contributed by atoms with Gasteiger partial charge >= 0.3 is 6.03 Å². The van der Waals surface area contributed by atoms with Gasteiger partial charge in [0.05, 0.1) is 19.2 Å². The van der Waals surface area contributed by atoms with Crippen molar-refractivity contribution in [3.05, 3.63) is 29.3 Å². The Bertz CT molecular complexity index is 428. The summed E-state index contributed by atoms with van der Waals surface area (Å²) in [6.07, 6.45) is 0. The van der Waals surface area contributed by atoms with Crippen molar-refractivity contribution in [2.24, 2.45) is 0 Å². The largest absolute Gasteiger partial charge is 0.491 e. The number of aliphatic hydroxyl groups is 1. The maximum Gasteiger partial charge on any atom is 0.317 e. The molecule has 20 heavy (non-hydrogen) atoms. The molecule has 0 spiro atoms. The van der Waals surface area contributed by atoms with Crippen LogP contribution in [0.3, 0.4) is 0 Å². The quantitative estimate of drug-likeness (QED) is 0.780. The number of benzene rings is 1. The second-order valence-corrected chi connectivity index (χ2v) is 4.94. The minimum Gasteiger partial charge on any atom is -0.491 e. The van der Waals surface area contributed by atoms with Gasteiger partial charge in [0.15, 0.2) is 0 Å². The number of carbonyl (C=O) groups is 1. The molecule has 0 radical (unpaired) electrons. The number of urea groups is 1. The van der Waals surface area contributed by atoms with Crippen molar-refractivity contribution >= 4 is 6.03 Å². The number of rotatable bonds is 6. The number of para-hydroxylation sites is 1. The summed E-state index contributed by atoms with van der Waals surface area (Å²) < 4.78 is 5.70. The number of nitrogens with one attached hydrogen (secondary N) is 1. The standard InChI is InChI=1S/C15H24N2O3/c1-11-6-5-7-12(2)14(11)20-9-8-16-15(19)17(4)13(3)10-18/h5-7,13,18H,8-10H2,1-4H3,(H,16,19). The SMILES string of the molecule is Cc1cccc(C)c1OCCNC(=O)N(C)C(C)CO. The normalized spacial score (nSPS) is 11.8. The lowest BCUT2D eigenvalue weighted by Gasteiger charge is -2.23. The van der Waals surface area contributed by atoms with E-state index in [0.717, 1.165) is 16.9 Å². The Morgan fingerprint density at radius 2 is 2.00 bits per heavy atom. The highest BCUT2D eigenvalue weighted by molar-refractivity contribution is 5.74. The molecule has 0 aliphatic carbocycles. The zero-order valence-corrected chi connectivity index (χ0v) is 12.6. The molecular formula is C15H24N2O3. The molecule has 0 aliphatic rings. The Kier molecular flexibility index (Phi) is 6.31. The molecule has 1 atom stereocenters. The fourth-order valence-corrected chi connectivity index (χ4v) is 1.79. The molecule has 0 heterocycles. The topological polar surface area (TPSA) is 61.8 Å². The fourth-order valence-electron chi connectivity index (χ4n) is 1.79. The molecule has 0 aromatic heterocycles. The van der Waals surface area contributed by atoms with Gasteiger partial charge in [-0.25, -0.2) is 4.79 Å². The Balaban J connectivity index is 2.37. The first kappa shape index (κ1) is 16.3. The van der Waals surface area contributed by atoms with Gasteiger partial charge in [-0.2, -0.15) is 0 Å². The minimum absolute atomic E-state index is 0.0528. The maximum atomic E-state index is 11.7. The molecule has 2 amide bonds. The zero-order valence-electron chi connectivity index (χ0n) is 12.6. The van der Waals surface area contributed by atoms with Crippen LogP contribution in [0.15, 0.2) is 18.2 Å². The summed E-state index contributed by atoms with van der Waals surface area (Å²) in [5, 5.41) is 11.7. The lowest BCUT2D eigenvalue weighted by Crippen LogP contribution is -2.44. The number of amides is 2. The number of nitrogens with zero attached hydrogens (tertiary/aromatic N) is 1. The van der Waals surface area contributed by atoms with E-state index >= 15 is 0 Å². The number of hydrogen-bond acceptors (Lipinski definition) is 3. The Labute approximate surface area is 120 Å². The van der Waals surface area contributed by atoms with Gasteiger partial charge in [-0.15, -0.1) is 0 Å². The lowest BCUT2D eigenvalue weighted by molar-refractivity contribution is 0.156. The van der Waals surface area contributed by atoms with E-state index in [4.69, 9.17) is 9.84 Å². The van der Waals surface area contributed by atoms with Crippen LogP contribution in [0.25, 0.3) is 0 Å². The predicted octanol–water partition coefficient (Wildman–Crippen LogP) is 1.70. The summed E-state index contributed by atoms with van der Waals surface area (Å²) in [6, 6.07) is 5.57. The summed E-state index contributed by atoms with van der Waals surface area (Å²) in [6.45, 7) is 6.57. The molecule has 5 heteroatoms. The van der Waals surface area contributed by atoms with Crippen LogP contribution < -0.4 is 10.1 Å². The number of hydrogen-bond donors (Lipinski definition) is 2. The van der Waals surface area contributed by atoms with Gasteiger partial charge in [0, 0.05) is 7.05 Å². The highest BCUT2D eigenvalue weighted by Gasteiger charge is 2.13. The maximum absolute atomic E-state index is 11.7. The van der Waals surface area contributed by atoms with Crippen LogP contribution in [0.2, 0.25) is 0 Å². The molecule has 0 fully saturated rings. The molecule has 112 valence electrons. The smallest absolute Gasteiger partial charge is 0.317 e. The predicted molar refractivity (Wildman–Crippen MR) is 79.1 cm³/mol. The van der Waals surface area contributed by atoms with E-state index < -0.39 is 0 Å². The van der Waals surface area contributed by atoms with Crippen molar-refractivity contribution in [1.82, 2.24) is 10.2 Å². The van der Waals surface area contributed by atoms with Crippen molar-refractivity contribution in [3.8, 4) is 5.75 Å². The molecule has 1 aromatic carbocycles. The molecule has 0 saturated heterocycles. The van der Waals surface area contributed by atoms with Gasteiger partial charge in [-0.1, -0.05) is 18.2 Å². The molecule has 5 nitrogen and oxygen atoms in total. The average Bonchev–Trinajstić information content (AvgIpc) is 2.44. The van der Waals surface area contributed by atoms with Crippen LogP contribution in [-0.2, 0) is 0 Å². The Hall–Kier alpha value is -1.75. The van der Waals surface area contributed by atoms with E-state index in [1.165, 1.54) is 4.90 Å². The molecule has 0 saturated carbocycles. The highest BCUT2D eigenvalue weighted by Crippen LogP contribution is 2.21. The first-order valence-electron chi connectivity index (χ1n) is 6.78. The fraction of sp³-hybridized carbons (Fsp3) is 0.533. The molecule has 1 rings (SSSR count). The van der Waals surface area contributed by atoms with Gasteiger partial charge in [-0.05, 0) is 31.9 Å². The second-order valence-electron chi connectivity index (χ2n) is 4.94. The molecule has 0 bridgehead atoms. The summed E-state index contributed by atoms with van der Waals surface area (Å²) in [4.78, 5) is 13.2. The monoisotopic (exact) mass is 280 g/mol. The zero-order chi connectivity index (χ0) is 15.1. The summed E-state index contributed by atoms with van der Waals surface area (Å²) in [7, 11) is 1.66. The van der Waals surface area contributed by atoms with E-state index in [1.54, 1.807) is 14.0 Å². The second kappa shape index (κ2) is 7.75. The first-order valence-corrected chi connectivity index (χ1v) is 6.78. The summed E-state index contributed by atoms with van der Waals surface area (Å²) in [5.74, 6) is 0.874. The van der Waals surface area contributed by atoms with Crippen molar-refractivity contribution in [3.63, 3.8) is 0 Å². The Morgan fingerprint density at radius 3 is 2.55 bits per heavy atom. The van der Waals surface area contributed by atoms with Crippen LogP contribution >= 0.6 is 0 Å². The third kappa shape index (κ3) is 4.42. The highest BCUT2D eigenvalue weighted by atomic mass is 16.5. The van der Waals surface area contributed by atoms with E-state index in [1.807, 2.05) is 32.0 Å². The van der Waals surface area contributed by atoms with Gasteiger partial charge in [0.1, 0.15) is 12.4 Å². The third-order valence-electron chi connectivity index (χ3n) is 3.28. The van der Waals surface area contributed by atoms with Crippen LogP contribution in [0.1, 0.15) is 18.1 Å². The number of aryl methyl sites for hydroxylation is 2. The Morgan fingerprint density at radius 1 is 1.40 bits per heavy atom. The average molecular weight is 280 g/mol. The van der Waals surface area contributed by atoms with Gasteiger partial charge in [0.2, 0.25) is 0 Å². The lowest BCUT2D eigenvalue weighted by atomic mass is 10.1. The third-order valence-corrected chi connectivity index (χ3v) is 3.28. The van der Waals surface area contributed by atoms with E-state index in [0.29, 0.717) is 13.2 Å². The van der Waals surface area contributed by atoms with E-state index in [2.05, 4.69) is 5.32 Å². The van der Waals surface area contributed by atoms with Crippen LogP contribution in [0, 0.1) is 13.8 Å². The van der Waals surface area contributed by atoms with Crippen molar-refractivity contribution in [2.45, 2.75) is 26.8 Å². The first-order chi connectivity index (χ1) is 9.47. The van der Waals surface area contributed by atoms with Crippen molar-refractivity contribution < 1.29 is 14.6 Å². The molecule has 1 aromatic rings. The number of likely N-dealkylation sites (N-methyl/N-ethyl adjacent to an activating group) is 1. The van der Waals surface area contributed by atoms with Crippen LogP contribution in [0.5, 0.6) is 5.75 Å². The van der Waals surface area contributed by atoms with Gasteiger partial charge in [-0.3, -0.25) is 0 Å². The molecule has 1 unspecified atom stereocenters.